The Morgan fingerprint density at radius 1 is 1.10 bits per heavy atom. The minimum atomic E-state index is -4.66. The number of anilines is 1. The number of amides is 1. The number of thiophene rings is 1. The Kier molecular flexibility index (Phi) is 5.34. The van der Waals surface area contributed by atoms with E-state index in [4.69, 9.17) is 0 Å². The number of halogens is 3. The van der Waals surface area contributed by atoms with E-state index >= 15 is 0 Å². The minimum Gasteiger partial charge on any atom is -0.362 e. The molecule has 2 heterocycles. The molecular weight excluding hydrogens is 431 g/mol. The first-order chi connectivity index (χ1) is 14.7. The third-order valence-corrected chi connectivity index (χ3v) is 6.71. The van der Waals surface area contributed by atoms with E-state index in [1.54, 1.807) is 9.80 Å². The van der Waals surface area contributed by atoms with Crippen LogP contribution in [0, 0.1) is 17.0 Å². The molecule has 0 spiro atoms. The van der Waals surface area contributed by atoms with Gasteiger partial charge in [-0.1, -0.05) is 18.2 Å². The summed E-state index contributed by atoms with van der Waals surface area (Å²) in [6, 6.07) is 10.3. The third kappa shape index (κ3) is 3.95. The zero-order valence-corrected chi connectivity index (χ0v) is 17.3. The zero-order chi connectivity index (χ0) is 22.3. The van der Waals surface area contributed by atoms with Crippen LogP contribution in [-0.2, 0) is 6.18 Å². The molecule has 1 fully saturated rings. The van der Waals surface area contributed by atoms with E-state index in [2.05, 4.69) is 0 Å². The first-order valence-corrected chi connectivity index (χ1v) is 10.4. The number of fused-ring (bicyclic) bond motifs is 1. The van der Waals surface area contributed by atoms with Crippen molar-refractivity contribution in [1.82, 2.24) is 4.90 Å². The van der Waals surface area contributed by atoms with Gasteiger partial charge in [-0.2, -0.15) is 13.2 Å². The summed E-state index contributed by atoms with van der Waals surface area (Å²) in [6.45, 7) is 3.15. The van der Waals surface area contributed by atoms with Crippen LogP contribution in [-0.4, -0.2) is 41.9 Å². The van der Waals surface area contributed by atoms with Crippen molar-refractivity contribution in [2.45, 2.75) is 13.1 Å². The molecule has 0 saturated carbocycles. The molecule has 10 heteroatoms. The van der Waals surface area contributed by atoms with E-state index in [0.29, 0.717) is 37.1 Å². The van der Waals surface area contributed by atoms with E-state index < -0.39 is 22.4 Å². The Labute approximate surface area is 179 Å². The van der Waals surface area contributed by atoms with E-state index in [-0.39, 0.29) is 11.6 Å². The summed E-state index contributed by atoms with van der Waals surface area (Å²) in [4.78, 5) is 27.6. The topological polar surface area (TPSA) is 66.7 Å². The monoisotopic (exact) mass is 449 g/mol. The van der Waals surface area contributed by atoms with Crippen LogP contribution in [0.2, 0.25) is 0 Å². The zero-order valence-electron chi connectivity index (χ0n) is 16.5. The number of aryl methyl sites for hydroxylation is 1. The summed E-state index contributed by atoms with van der Waals surface area (Å²) in [5.74, 6) is -0.0970. The second-order valence-electron chi connectivity index (χ2n) is 7.29. The highest BCUT2D eigenvalue weighted by Crippen LogP contribution is 2.37. The van der Waals surface area contributed by atoms with Crippen molar-refractivity contribution in [3.63, 3.8) is 0 Å². The van der Waals surface area contributed by atoms with Crippen molar-refractivity contribution < 1.29 is 22.9 Å². The summed E-state index contributed by atoms with van der Waals surface area (Å²) in [5.41, 5.74) is -0.596. The Morgan fingerprint density at radius 2 is 1.77 bits per heavy atom. The van der Waals surface area contributed by atoms with Gasteiger partial charge in [0.2, 0.25) is 0 Å². The maximum Gasteiger partial charge on any atom is 0.416 e. The fraction of sp³-hybridized carbons (Fsp3) is 0.286. The van der Waals surface area contributed by atoms with Gasteiger partial charge in [0.25, 0.3) is 11.6 Å². The number of alkyl halides is 3. The quantitative estimate of drug-likeness (QED) is 0.412. The Morgan fingerprint density at radius 3 is 2.39 bits per heavy atom. The van der Waals surface area contributed by atoms with Crippen LogP contribution in [0.25, 0.3) is 10.1 Å². The number of hydrogen-bond acceptors (Lipinski definition) is 5. The average molecular weight is 449 g/mol. The lowest BCUT2D eigenvalue weighted by atomic mass is 10.1. The highest BCUT2D eigenvalue weighted by Gasteiger charge is 2.34. The van der Waals surface area contributed by atoms with Gasteiger partial charge in [-0.15, -0.1) is 11.3 Å². The third-order valence-electron chi connectivity index (χ3n) is 5.44. The summed E-state index contributed by atoms with van der Waals surface area (Å²) in [6.07, 6.45) is -4.66. The molecule has 2 aromatic carbocycles. The van der Waals surface area contributed by atoms with Crippen molar-refractivity contribution in [3.8, 4) is 0 Å². The smallest absolute Gasteiger partial charge is 0.362 e. The molecular formula is C21H18F3N3O3S. The predicted molar refractivity (Wildman–Crippen MR) is 113 cm³/mol. The van der Waals surface area contributed by atoms with Crippen LogP contribution in [0.4, 0.5) is 24.5 Å². The number of hydrogen-bond donors (Lipinski definition) is 0. The van der Waals surface area contributed by atoms with Gasteiger partial charge < -0.3 is 9.80 Å². The number of carbonyl (C=O) groups is 1. The lowest BCUT2D eigenvalue weighted by Crippen LogP contribution is -2.48. The second kappa shape index (κ2) is 7.84. The summed E-state index contributed by atoms with van der Waals surface area (Å²) in [7, 11) is 0. The molecule has 1 amide bonds. The van der Waals surface area contributed by atoms with Crippen LogP contribution in [0.15, 0.2) is 42.5 Å². The highest BCUT2D eigenvalue weighted by molar-refractivity contribution is 7.21. The molecule has 0 radical (unpaired) electrons. The van der Waals surface area contributed by atoms with Crippen molar-refractivity contribution in [1.29, 1.82) is 0 Å². The van der Waals surface area contributed by atoms with Gasteiger partial charge in [0.1, 0.15) is 5.69 Å². The number of nitro benzene ring substituents is 1. The Bertz CT molecular complexity index is 1170. The molecule has 0 bridgehead atoms. The van der Waals surface area contributed by atoms with Crippen LogP contribution in [0.1, 0.15) is 20.8 Å². The van der Waals surface area contributed by atoms with Gasteiger partial charge in [-0.05, 0) is 36.1 Å². The number of nitrogens with zero attached hydrogens (tertiary/aromatic N) is 3. The van der Waals surface area contributed by atoms with E-state index in [1.807, 2.05) is 31.2 Å². The molecule has 1 aliphatic rings. The van der Waals surface area contributed by atoms with E-state index in [1.165, 1.54) is 11.3 Å². The first-order valence-electron chi connectivity index (χ1n) is 9.55. The molecule has 31 heavy (non-hydrogen) atoms. The molecule has 0 atom stereocenters. The largest absolute Gasteiger partial charge is 0.416 e. The summed E-state index contributed by atoms with van der Waals surface area (Å²) < 4.78 is 39.8. The first kappa shape index (κ1) is 21.1. The lowest BCUT2D eigenvalue weighted by molar-refractivity contribution is -0.384. The van der Waals surface area contributed by atoms with Gasteiger partial charge >= 0.3 is 6.18 Å². The fourth-order valence-electron chi connectivity index (χ4n) is 3.79. The van der Waals surface area contributed by atoms with Crippen molar-refractivity contribution in [2.75, 3.05) is 31.1 Å². The molecule has 0 N–H and O–H groups in total. The van der Waals surface area contributed by atoms with E-state index in [0.717, 1.165) is 27.8 Å². The highest BCUT2D eigenvalue weighted by atomic mass is 32.1. The minimum absolute atomic E-state index is 0.0970. The van der Waals surface area contributed by atoms with Gasteiger partial charge in [-0.25, -0.2) is 0 Å². The number of nitro groups is 1. The molecule has 6 nitrogen and oxygen atoms in total. The molecule has 1 aliphatic heterocycles. The molecule has 0 aliphatic carbocycles. The maximum absolute atomic E-state index is 13.0. The Hall–Kier alpha value is -3.14. The standard InChI is InChI=1S/C21H18F3N3O3S/c1-13-15-4-2-3-5-18(15)31-19(13)20(28)26-10-8-25(9-11-26)16-7-6-14(21(22,23)24)12-17(16)27(29)30/h2-7,12H,8-11H2,1H3. The molecule has 162 valence electrons. The van der Waals surface area contributed by atoms with Gasteiger partial charge in [0.15, 0.2) is 0 Å². The molecule has 0 unspecified atom stereocenters. The van der Waals surface area contributed by atoms with Crippen molar-refractivity contribution in [3.05, 3.63) is 68.6 Å². The summed E-state index contributed by atoms with van der Waals surface area (Å²) >= 11 is 1.43. The fourth-order valence-corrected chi connectivity index (χ4v) is 4.96. The lowest BCUT2D eigenvalue weighted by Gasteiger charge is -2.35. The predicted octanol–water partition coefficient (Wildman–Crippen LogP) is 5.10. The van der Waals surface area contributed by atoms with Crippen LogP contribution < -0.4 is 4.90 Å². The average Bonchev–Trinajstić information content (AvgIpc) is 3.09. The summed E-state index contributed by atoms with van der Waals surface area (Å²) in [5, 5.41) is 12.4. The number of piperazine rings is 1. The van der Waals surface area contributed by atoms with Crippen LogP contribution >= 0.6 is 11.3 Å². The maximum atomic E-state index is 13.0. The molecule has 3 aromatic rings. The van der Waals surface area contributed by atoms with Crippen molar-refractivity contribution in [2.24, 2.45) is 0 Å². The molecule has 1 saturated heterocycles. The number of rotatable bonds is 3. The normalized spacial score (nSPS) is 14.8. The van der Waals surface area contributed by atoms with Gasteiger partial charge in [-0.3, -0.25) is 14.9 Å². The SMILES string of the molecule is Cc1c(C(=O)N2CCN(c3ccc(C(F)(F)F)cc3[N+](=O)[O-])CC2)sc2ccccc12. The van der Waals surface area contributed by atoms with Crippen molar-refractivity contribution >= 4 is 38.7 Å². The number of carbonyl (C=O) groups excluding carboxylic acids is 1. The second-order valence-corrected chi connectivity index (χ2v) is 8.34. The Balaban J connectivity index is 1.53. The number of benzene rings is 2. The van der Waals surface area contributed by atoms with Gasteiger partial charge in [0.05, 0.1) is 15.4 Å². The molecule has 4 rings (SSSR count). The van der Waals surface area contributed by atoms with E-state index in [9.17, 15) is 28.1 Å². The van der Waals surface area contributed by atoms with Gasteiger partial charge in [0, 0.05) is 36.9 Å². The van der Waals surface area contributed by atoms with Crippen LogP contribution in [0.5, 0.6) is 0 Å². The molecule has 1 aromatic heterocycles. The van der Waals surface area contributed by atoms with Crippen LogP contribution in [0.3, 0.4) is 0 Å².